The summed E-state index contributed by atoms with van der Waals surface area (Å²) >= 11 is 0. The number of para-hydroxylation sites is 2. The Morgan fingerprint density at radius 1 is 1.00 bits per heavy atom. The first-order valence-electron chi connectivity index (χ1n) is 7.42. The SMILES string of the molecule is CC[C@H](Oc1ccc(OC)cc1)C(=O)Nc1ccccc1OC. The molecule has 0 unspecified atom stereocenters. The molecule has 0 saturated heterocycles. The zero-order chi connectivity index (χ0) is 16.7. The molecule has 0 radical (unpaired) electrons. The van der Waals surface area contributed by atoms with E-state index in [0.717, 1.165) is 5.75 Å². The molecule has 0 spiro atoms. The summed E-state index contributed by atoms with van der Waals surface area (Å²) in [5.41, 5.74) is 0.622. The van der Waals surface area contributed by atoms with E-state index in [1.807, 2.05) is 19.1 Å². The van der Waals surface area contributed by atoms with Crippen LogP contribution in [0.15, 0.2) is 48.5 Å². The number of carbonyl (C=O) groups excluding carboxylic acids is 1. The molecule has 0 heterocycles. The Morgan fingerprint density at radius 3 is 2.26 bits per heavy atom. The summed E-state index contributed by atoms with van der Waals surface area (Å²) in [7, 11) is 3.17. The third-order valence-corrected chi connectivity index (χ3v) is 3.37. The van der Waals surface area contributed by atoms with Gasteiger partial charge in [0.2, 0.25) is 0 Å². The molecule has 0 saturated carbocycles. The van der Waals surface area contributed by atoms with E-state index in [-0.39, 0.29) is 5.91 Å². The van der Waals surface area contributed by atoms with Crippen molar-refractivity contribution in [2.75, 3.05) is 19.5 Å². The number of methoxy groups -OCH3 is 2. The highest BCUT2D eigenvalue weighted by Gasteiger charge is 2.19. The molecule has 23 heavy (non-hydrogen) atoms. The zero-order valence-corrected chi connectivity index (χ0v) is 13.5. The van der Waals surface area contributed by atoms with Gasteiger partial charge in [0, 0.05) is 0 Å². The van der Waals surface area contributed by atoms with Gasteiger partial charge in [-0.15, -0.1) is 0 Å². The number of ether oxygens (including phenoxy) is 3. The third kappa shape index (κ3) is 4.39. The van der Waals surface area contributed by atoms with Gasteiger partial charge in [-0.1, -0.05) is 19.1 Å². The van der Waals surface area contributed by atoms with Crippen molar-refractivity contribution in [1.82, 2.24) is 0 Å². The van der Waals surface area contributed by atoms with Crippen molar-refractivity contribution in [3.8, 4) is 17.2 Å². The second-order valence-electron chi connectivity index (χ2n) is 4.88. The maximum absolute atomic E-state index is 12.4. The van der Waals surface area contributed by atoms with E-state index in [0.29, 0.717) is 23.6 Å². The lowest BCUT2D eigenvalue weighted by atomic mass is 10.2. The lowest BCUT2D eigenvalue weighted by Gasteiger charge is -2.18. The molecule has 1 atom stereocenters. The summed E-state index contributed by atoms with van der Waals surface area (Å²) in [5, 5.41) is 2.84. The van der Waals surface area contributed by atoms with Crippen LogP contribution >= 0.6 is 0 Å². The predicted octanol–water partition coefficient (Wildman–Crippen LogP) is 3.50. The van der Waals surface area contributed by atoms with Crippen LogP contribution < -0.4 is 19.5 Å². The lowest BCUT2D eigenvalue weighted by molar-refractivity contribution is -0.122. The standard InChI is InChI=1S/C18H21NO4/c1-4-16(23-14-11-9-13(21-2)10-12-14)18(20)19-15-7-5-6-8-17(15)22-3/h5-12,16H,4H2,1-3H3,(H,19,20)/t16-/m0/s1. The average molecular weight is 315 g/mol. The van der Waals surface area contributed by atoms with Gasteiger partial charge in [-0.25, -0.2) is 0 Å². The molecular formula is C18H21NO4. The van der Waals surface area contributed by atoms with Gasteiger partial charge in [0.1, 0.15) is 17.2 Å². The van der Waals surface area contributed by atoms with Crippen molar-refractivity contribution >= 4 is 11.6 Å². The molecule has 0 aliphatic heterocycles. The Hall–Kier alpha value is -2.69. The number of benzene rings is 2. The van der Waals surface area contributed by atoms with Crippen LogP contribution in [0.3, 0.4) is 0 Å². The Labute approximate surface area is 136 Å². The van der Waals surface area contributed by atoms with E-state index in [2.05, 4.69) is 5.32 Å². The van der Waals surface area contributed by atoms with Crippen molar-refractivity contribution in [3.63, 3.8) is 0 Å². The van der Waals surface area contributed by atoms with Crippen LogP contribution in [0.5, 0.6) is 17.2 Å². The fourth-order valence-corrected chi connectivity index (χ4v) is 2.10. The monoisotopic (exact) mass is 315 g/mol. The number of hydrogen-bond acceptors (Lipinski definition) is 4. The Balaban J connectivity index is 2.05. The van der Waals surface area contributed by atoms with Gasteiger partial charge in [-0.3, -0.25) is 4.79 Å². The smallest absolute Gasteiger partial charge is 0.265 e. The normalized spacial score (nSPS) is 11.4. The minimum atomic E-state index is -0.590. The van der Waals surface area contributed by atoms with Crippen molar-refractivity contribution in [2.24, 2.45) is 0 Å². The first kappa shape index (κ1) is 16.7. The van der Waals surface area contributed by atoms with Gasteiger partial charge in [0.05, 0.1) is 19.9 Å². The minimum absolute atomic E-state index is 0.215. The van der Waals surface area contributed by atoms with Gasteiger partial charge < -0.3 is 19.5 Å². The van der Waals surface area contributed by atoms with Crippen LogP contribution in [0.4, 0.5) is 5.69 Å². The van der Waals surface area contributed by atoms with Gasteiger partial charge in [0.25, 0.3) is 5.91 Å². The number of amides is 1. The molecule has 122 valence electrons. The summed E-state index contributed by atoms with van der Waals surface area (Å²) in [6.45, 7) is 1.90. The fraction of sp³-hybridized carbons (Fsp3) is 0.278. The highest BCUT2D eigenvalue weighted by molar-refractivity contribution is 5.95. The molecule has 0 bridgehead atoms. The summed E-state index contributed by atoms with van der Waals surface area (Å²) in [6, 6.07) is 14.4. The van der Waals surface area contributed by atoms with Gasteiger partial charge >= 0.3 is 0 Å². The zero-order valence-electron chi connectivity index (χ0n) is 13.5. The first-order valence-corrected chi connectivity index (χ1v) is 7.42. The van der Waals surface area contributed by atoms with E-state index in [1.165, 1.54) is 0 Å². The van der Waals surface area contributed by atoms with E-state index in [9.17, 15) is 4.79 Å². The minimum Gasteiger partial charge on any atom is -0.497 e. The maximum Gasteiger partial charge on any atom is 0.265 e. The van der Waals surface area contributed by atoms with E-state index in [1.54, 1.807) is 50.6 Å². The summed E-state index contributed by atoms with van der Waals surface area (Å²) in [4.78, 5) is 12.4. The molecule has 0 fully saturated rings. The highest BCUT2D eigenvalue weighted by Crippen LogP contribution is 2.24. The Kier molecular flexibility index (Phi) is 5.86. The largest absolute Gasteiger partial charge is 0.497 e. The van der Waals surface area contributed by atoms with Gasteiger partial charge in [0.15, 0.2) is 6.10 Å². The van der Waals surface area contributed by atoms with Crippen LogP contribution in [0.1, 0.15) is 13.3 Å². The number of hydrogen-bond donors (Lipinski definition) is 1. The van der Waals surface area contributed by atoms with E-state index < -0.39 is 6.10 Å². The molecule has 2 aromatic rings. The molecule has 1 N–H and O–H groups in total. The van der Waals surface area contributed by atoms with Crippen LogP contribution in [0.2, 0.25) is 0 Å². The Morgan fingerprint density at radius 2 is 1.65 bits per heavy atom. The quantitative estimate of drug-likeness (QED) is 0.849. The highest BCUT2D eigenvalue weighted by atomic mass is 16.5. The molecular weight excluding hydrogens is 294 g/mol. The lowest BCUT2D eigenvalue weighted by Crippen LogP contribution is -2.32. The second kappa shape index (κ2) is 8.08. The summed E-state index contributed by atoms with van der Waals surface area (Å²) in [5.74, 6) is 1.75. The van der Waals surface area contributed by atoms with Crippen molar-refractivity contribution in [3.05, 3.63) is 48.5 Å². The number of nitrogens with one attached hydrogen (secondary N) is 1. The summed E-state index contributed by atoms with van der Waals surface area (Å²) < 4.78 is 16.1. The van der Waals surface area contributed by atoms with E-state index in [4.69, 9.17) is 14.2 Å². The maximum atomic E-state index is 12.4. The molecule has 2 rings (SSSR count). The Bertz CT molecular complexity index is 640. The van der Waals surface area contributed by atoms with Crippen LogP contribution in [0, 0.1) is 0 Å². The average Bonchev–Trinajstić information content (AvgIpc) is 2.60. The van der Waals surface area contributed by atoms with Crippen LogP contribution in [-0.4, -0.2) is 26.2 Å². The fourth-order valence-electron chi connectivity index (χ4n) is 2.10. The van der Waals surface area contributed by atoms with Crippen LogP contribution in [-0.2, 0) is 4.79 Å². The van der Waals surface area contributed by atoms with Crippen molar-refractivity contribution < 1.29 is 19.0 Å². The molecule has 2 aromatic carbocycles. The molecule has 0 aliphatic carbocycles. The van der Waals surface area contributed by atoms with E-state index >= 15 is 0 Å². The molecule has 0 aliphatic rings. The number of carbonyl (C=O) groups is 1. The number of anilines is 1. The van der Waals surface area contributed by atoms with Gasteiger partial charge in [-0.05, 0) is 42.8 Å². The third-order valence-electron chi connectivity index (χ3n) is 3.37. The molecule has 5 heteroatoms. The summed E-state index contributed by atoms with van der Waals surface area (Å²) in [6.07, 6.45) is -0.0409. The predicted molar refractivity (Wildman–Crippen MR) is 89.3 cm³/mol. The number of rotatable bonds is 7. The molecule has 5 nitrogen and oxygen atoms in total. The van der Waals surface area contributed by atoms with Crippen LogP contribution in [0.25, 0.3) is 0 Å². The first-order chi connectivity index (χ1) is 11.2. The van der Waals surface area contributed by atoms with Gasteiger partial charge in [-0.2, -0.15) is 0 Å². The second-order valence-corrected chi connectivity index (χ2v) is 4.88. The van der Waals surface area contributed by atoms with Crippen molar-refractivity contribution in [2.45, 2.75) is 19.4 Å². The van der Waals surface area contributed by atoms with Crippen molar-refractivity contribution in [1.29, 1.82) is 0 Å². The molecule has 0 aromatic heterocycles. The topological polar surface area (TPSA) is 56.8 Å². The molecule has 1 amide bonds.